The molecule has 2 aromatic carbocycles. The molecular weight excluding hydrogens is 384 g/mol. The summed E-state index contributed by atoms with van der Waals surface area (Å²) < 4.78 is 22.0. The summed E-state index contributed by atoms with van der Waals surface area (Å²) in [6.07, 6.45) is 1.69. The highest BCUT2D eigenvalue weighted by Gasteiger charge is 2.30. The van der Waals surface area contributed by atoms with Crippen LogP contribution in [0.4, 0.5) is 0 Å². The molecule has 0 N–H and O–H groups in total. The van der Waals surface area contributed by atoms with Crippen molar-refractivity contribution in [1.29, 1.82) is 0 Å². The first-order chi connectivity index (χ1) is 14.2. The Hall–Kier alpha value is -3.28. The molecule has 0 saturated carbocycles. The highest BCUT2D eigenvalue weighted by Crippen LogP contribution is 2.37. The van der Waals surface area contributed by atoms with E-state index in [1.807, 2.05) is 31.2 Å². The number of aryl methyl sites for hydroxylation is 1. The van der Waals surface area contributed by atoms with Crippen molar-refractivity contribution in [3.8, 4) is 17.2 Å². The maximum absolute atomic E-state index is 12.8. The topological polar surface area (TPSA) is 71.1 Å². The molecule has 1 heterocycles. The number of hydrogen-bond acceptors (Lipinski definition) is 6. The molecule has 30 heavy (non-hydrogen) atoms. The Morgan fingerprint density at radius 1 is 1.07 bits per heavy atom. The van der Waals surface area contributed by atoms with Crippen LogP contribution in [0.25, 0.3) is 6.08 Å². The van der Waals surface area contributed by atoms with Crippen LogP contribution in [0.1, 0.15) is 49.2 Å². The van der Waals surface area contributed by atoms with E-state index in [1.165, 1.54) is 0 Å². The second-order valence-corrected chi connectivity index (χ2v) is 7.93. The van der Waals surface area contributed by atoms with Gasteiger partial charge in [0, 0.05) is 6.07 Å². The van der Waals surface area contributed by atoms with Gasteiger partial charge < -0.3 is 18.9 Å². The smallest absolute Gasteiger partial charge is 0.344 e. The van der Waals surface area contributed by atoms with E-state index in [4.69, 9.17) is 18.9 Å². The third-order valence-corrected chi connectivity index (χ3v) is 4.21. The van der Waals surface area contributed by atoms with Gasteiger partial charge in [-0.1, -0.05) is 12.1 Å². The van der Waals surface area contributed by atoms with E-state index in [1.54, 1.807) is 45.9 Å². The van der Waals surface area contributed by atoms with Gasteiger partial charge in [0.2, 0.25) is 5.78 Å². The molecule has 0 fully saturated rings. The van der Waals surface area contributed by atoms with Crippen molar-refractivity contribution in [2.75, 3.05) is 13.2 Å². The van der Waals surface area contributed by atoms with E-state index in [-0.39, 0.29) is 18.1 Å². The largest absolute Gasteiger partial charge is 0.494 e. The zero-order valence-electron chi connectivity index (χ0n) is 17.9. The number of benzene rings is 2. The maximum Gasteiger partial charge on any atom is 0.344 e. The fourth-order valence-electron chi connectivity index (χ4n) is 3.05. The van der Waals surface area contributed by atoms with Crippen LogP contribution in [0, 0.1) is 6.92 Å². The number of Topliss-reactive ketones (excluding diaryl/α,β-unsaturated/α-hetero) is 1. The number of ketones is 1. The Balaban J connectivity index is 1.74. The van der Waals surface area contributed by atoms with Crippen LogP contribution in [0.2, 0.25) is 0 Å². The molecule has 0 atom stereocenters. The van der Waals surface area contributed by atoms with Gasteiger partial charge in [0.15, 0.2) is 12.4 Å². The number of fused-ring (bicyclic) bond motifs is 1. The molecule has 0 spiro atoms. The molecule has 0 aliphatic carbocycles. The number of carbonyl (C=O) groups is 2. The summed E-state index contributed by atoms with van der Waals surface area (Å²) in [5.74, 6) is 1.21. The number of carbonyl (C=O) groups excluding carboxylic acids is 2. The van der Waals surface area contributed by atoms with Crippen LogP contribution in [0.5, 0.6) is 17.2 Å². The van der Waals surface area contributed by atoms with E-state index in [2.05, 4.69) is 0 Å². The highest BCUT2D eigenvalue weighted by atomic mass is 16.6. The molecule has 3 rings (SSSR count). The zero-order chi connectivity index (χ0) is 21.9. The van der Waals surface area contributed by atoms with Crippen molar-refractivity contribution in [2.24, 2.45) is 0 Å². The first-order valence-corrected chi connectivity index (χ1v) is 9.82. The first-order valence-electron chi connectivity index (χ1n) is 9.82. The third-order valence-electron chi connectivity index (χ3n) is 4.21. The average Bonchev–Trinajstić information content (AvgIpc) is 2.96. The van der Waals surface area contributed by atoms with Crippen molar-refractivity contribution in [3.63, 3.8) is 0 Å². The van der Waals surface area contributed by atoms with Gasteiger partial charge in [-0.15, -0.1) is 0 Å². The number of allylic oxidation sites excluding steroid dienone is 1. The van der Waals surface area contributed by atoms with Gasteiger partial charge in [-0.25, -0.2) is 4.79 Å². The summed E-state index contributed by atoms with van der Waals surface area (Å²) in [6, 6.07) is 10.7. The Kier molecular flexibility index (Phi) is 6.15. The molecule has 1 aliphatic heterocycles. The van der Waals surface area contributed by atoms with Crippen molar-refractivity contribution >= 4 is 17.8 Å². The molecule has 0 saturated heterocycles. The van der Waals surface area contributed by atoms with Crippen molar-refractivity contribution < 1.29 is 28.5 Å². The van der Waals surface area contributed by atoms with Crippen LogP contribution in [-0.2, 0) is 9.53 Å². The van der Waals surface area contributed by atoms with E-state index in [0.717, 1.165) is 11.3 Å². The van der Waals surface area contributed by atoms with E-state index >= 15 is 0 Å². The lowest BCUT2D eigenvalue weighted by Gasteiger charge is -2.19. The quantitative estimate of drug-likeness (QED) is 0.506. The number of hydrogen-bond donors (Lipinski definition) is 0. The molecule has 0 amide bonds. The van der Waals surface area contributed by atoms with Gasteiger partial charge in [-0.2, -0.15) is 0 Å². The second-order valence-electron chi connectivity index (χ2n) is 7.93. The molecule has 6 heteroatoms. The van der Waals surface area contributed by atoms with Gasteiger partial charge in [-0.3, -0.25) is 4.79 Å². The minimum atomic E-state index is -0.579. The Bertz CT molecular complexity index is 980. The standard InChI is InChI=1S/C24H26O6/c1-6-27-17-9-7-16(8-10-17)12-20-23(26)22-15(2)11-18(13-19(22)29-20)28-14-21(25)30-24(3,4)5/h7-13H,6,14H2,1-5H3/b20-12-. The predicted molar refractivity (Wildman–Crippen MR) is 113 cm³/mol. The Morgan fingerprint density at radius 3 is 2.40 bits per heavy atom. The SMILES string of the molecule is CCOc1ccc(/C=C2\Oc3cc(OCC(=O)OC(C)(C)C)cc(C)c3C2=O)cc1. The molecule has 0 aromatic heterocycles. The van der Waals surface area contributed by atoms with Gasteiger partial charge in [-0.05, 0) is 70.0 Å². The summed E-state index contributed by atoms with van der Waals surface area (Å²) >= 11 is 0. The normalized spacial score (nSPS) is 14.3. The number of ether oxygens (including phenoxy) is 4. The summed E-state index contributed by atoms with van der Waals surface area (Å²) in [7, 11) is 0. The lowest BCUT2D eigenvalue weighted by atomic mass is 10.0. The van der Waals surface area contributed by atoms with E-state index in [0.29, 0.717) is 29.2 Å². The van der Waals surface area contributed by atoms with Crippen molar-refractivity contribution in [1.82, 2.24) is 0 Å². The molecule has 0 unspecified atom stereocenters. The molecule has 1 aliphatic rings. The highest BCUT2D eigenvalue weighted by molar-refractivity contribution is 6.15. The van der Waals surface area contributed by atoms with Crippen LogP contribution < -0.4 is 14.2 Å². The van der Waals surface area contributed by atoms with Crippen LogP contribution in [0.3, 0.4) is 0 Å². The fourth-order valence-corrected chi connectivity index (χ4v) is 3.05. The van der Waals surface area contributed by atoms with E-state index in [9.17, 15) is 9.59 Å². The lowest BCUT2D eigenvalue weighted by Crippen LogP contribution is -2.27. The van der Waals surface area contributed by atoms with Gasteiger partial charge in [0.05, 0.1) is 12.2 Å². The van der Waals surface area contributed by atoms with Crippen molar-refractivity contribution in [3.05, 3.63) is 58.8 Å². The molecule has 2 aromatic rings. The minimum absolute atomic E-state index is 0.185. The van der Waals surface area contributed by atoms with Crippen LogP contribution >= 0.6 is 0 Å². The molecule has 0 radical (unpaired) electrons. The molecule has 0 bridgehead atoms. The predicted octanol–water partition coefficient (Wildman–Crippen LogP) is 4.73. The molecule has 158 valence electrons. The van der Waals surface area contributed by atoms with Crippen molar-refractivity contribution in [2.45, 2.75) is 40.2 Å². The first kappa shape index (κ1) is 21.4. The van der Waals surface area contributed by atoms with Gasteiger partial charge in [0.1, 0.15) is 22.8 Å². The van der Waals surface area contributed by atoms with Crippen LogP contribution in [-0.4, -0.2) is 30.6 Å². The molecule has 6 nitrogen and oxygen atoms in total. The monoisotopic (exact) mass is 410 g/mol. The summed E-state index contributed by atoms with van der Waals surface area (Å²) in [4.78, 5) is 24.7. The Morgan fingerprint density at radius 2 is 1.77 bits per heavy atom. The minimum Gasteiger partial charge on any atom is -0.494 e. The zero-order valence-corrected chi connectivity index (χ0v) is 17.9. The molecular formula is C24H26O6. The maximum atomic E-state index is 12.8. The average molecular weight is 410 g/mol. The lowest BCUT2D eigenvalue weighted by molar-refractivity contribution is -0.157. The Labute approximate surface area is 176 Å². The van der Waals surface area contributed by atoms with Gasteiger partial charge >= 0.3 is 5.97 Å². The van der Waals surface area contributed by atoms with E-state index < -0.39 is 11.6 Å². The van der Waals surface area contributed by atoms with Gasteiger partial charge in [0.25, 0.3) is 0 Å². The third kappa shape index (κ3) is 5.20. The number of esters is 1. The van der Waals surface area contributed by atoms with Crippen LogP contribution in [0.15, 0.2) is 42.2 Å². The number of rotatable bonds is 6. The fraction of sp³-hybridized carbons (Fsp3) is 0.333. The summed E-state index contributed by atoms with van der Waals surface area (Å²) in [5.41, 5.74) is 1.46. The summed E-state index contributed by atoms with van der Waals surface area (Å²) in [6.45, 7) is 9.48. The summed E-state index contributed by atoms with van der Waals surface area (Å²) in [5, 5.41) is 0. The second kappa shape index (κ2) is 8.61.